The van der Waals surface area contributed by atoms with Crippen LogP contribution in [0.15, 0.2) is 28.7 Å². The lowest BCUT2D eigenvalue weighted by atomic mass is 9.81. The first-order valence-corrected chi connectivity index (χ1v) is 6.95. The van der Waals surface area contributed by atoms with Gasteiger partial charge >= 0.3 is 0 Å². The third-order valence-electron chi connectivity index (χ3n) is 3.60. The van der Waals surface area contributed by atoms with Crippen LogP contribution < -0.4 is 0 Å². The standard InChI is InChI=1S/C14H19BrO/c15-13-7-3-2-6-12(13)8-11-14(16)9-4-1-5-10-14/h2-3,6-7,16H,1,4-5,8-11H2. The highest BCUT2D eigenvalue weighted by Crippen LogP contribution is 2.32. The third-order valence-corrected chi connectivity index (χ3v) is 4.38. The molecule has 0 atom stereocenters. The topological polar surface area (TPSA) is 20.2 Å². The van der Waals surface area contributed by atoms with Crippen LogP contribution in [0.5, 0.6) is 0 Å². The van der Waals surface area contributed by atoms with Gasteiger partial charge in [0.15, 0.2) is 0 Å². The second-order valence-electron chi connectivity index (χ2n) is 4.88. The molecule has 1 aromatic carbocycles. The van der Waals surface area contributed by atoms with Crippen molar-refractivity contribution in [2.45, 2.75) is 50.5 Å². The van der Waals surface area contributed by atoms with E-state index in [0.29, 0.717) is 0 Å². The van der Waals surface area contributed by atoms with Crippen LogP contribution in [-0.4, -0.2) is 10.7 Å². The maximum atomic E-state index is 10.4. The van der Waals surface area contributed by atoms with E-state index in [1.54, 1.807) is 0 Å². The average Bonchev–Trinajstić information content (AvgIpc) is 2.29. The lowest BCUT2D eigenvalue weighted by Gasteiger charge is -2.32. The van der Waals surface area contributed by atoms with Gasteiger partial charge in [0.05, 0.1) is 5.60 Å². The van der Waals surface area contributed by atoms with E-state index in [9.17, 15) is 5.11 Å². The van der Waals surface area contributed by atoms with Crippen molar-refractivity contribution >= 4 is 15.9 Å². The maximum absolute atomic E-state index is 10.4. The molecular formula is C14H19BrO. The molecule has 0 heterocycles. The Morgan fingerprint density at radius 1 is 1.12 bits per heavy atom. The van der Waals surface area contributed by atoms with Crippen LogP contribution in [-0.2, 0) is 6.42 Å². The molecule has 1 saturated carbocycles. The summed E-state index contributed by atoms with van der Waals surface area (Å²) >= 11 is 3.56. The van der Waals surface area contributed by atoms with E-state index in [2.05, 4.69) is 34.1 Å². The minimum atomic E-state index is -0.395. The fraction of sp³-hybridized carbons (Fsp3) is 0.571. The van der Waals surface area contributed by atoms with E-state index in [1.807, 2.05) is 6.07 Å². The third kappa shape index (κ3) is 3.08. The second kappa shape index (κ2) is 5.33. The summed E-state index contributed by atoms with van der Waals surface area (Å²) in [6.07, 6.45) is 7.50. The fourth-order valence-corrected chi connectivity index (χ4v) is 3.01. The zero-order chi connectivity index (χ0) is 11.4. The zero-order valence-electron chi connectivity index (χ0n) is 9.58. The van der Waals surface area contributed by atoms with E-state index in [0.717, 1.165) is 30.2 Å². The average molecular weight is 283 g/mol. The van der Waals surface area contributed by atoms with Crippen molar-refractivity contribution in [1.82, 2.24) is 0 Å². The molecule has 1 aliphatic carbocycles. The minimum absolute atomic E-state index is 0.395. The van der Waals surface area contributed by atoms with Crippen LogP contribution >= 0.6 is 15.9 Å². The lowest BCUT2D eigenvalue weighted by molar-refractivity contribution is -0.00344. The number of benzene rings is 1. The summed E-state index contributed by atoms with van der Waals surface area (Å²) in [6, 6.07) is 8.30. The molecule has 1 nitrogen and oxygen atoms in total. The van der Waals surface area contributed by atoms with Crippen molar-refractivity contribution in [2.24, 2.45) is 0 Å². The van der Waals surface area contributed by atoms with E-state index in [-0.39, 0.29) is 0 Å². The van der Waals surface area contributed by atoms with Gasteiger partial charge < -0.3 is 5.11 Å². The summed E-state index contributed by atoms with van der Waals surface area (Å²) in [7, 11) is 0. The quantitative estimate of drug-likeness (QED) is 0.886. The molecule has 88 valence electrons. The summed E-state index contributed by atoms with van der Waals surface area (Å²) in [4.78, 5) is 0. The van der Waals surface area contributed by atoms with E-state index in [4.69, 9.17) is 0 Å². The van der Waals surface area contributed by atoms with Crippen LogP contribution in [0.1, 0.15) is 44.1 Å². The molecule has 0 amide bonds. The smallest absolute Gasteiger partial charge is 0.0651 e. The largest absolute Gasteiger partial charge is 0.390 e. The molecule has 1 fully saturated rings. The van der Waals surface area contributed by atoms with Gasteiger partial charge in [0.2, 0.25) is 0 Å². The van der Waals surface area contributed by atoms with Crippen molar-refractivity contribution < 1.29 is 5.11 Å². The fourth-order valence-electron chi connectivity index (χ4n) is 2.53. The number of aryl methyl sites for hydroxylation is 1. The molecule has 1 aliphatic rings. The Hall–Kier alpha value is -0.340. The van der Waals surface area contributed by atoms with E-state index >= 15 is 0 Å². The highest BCUT2D eigenvalue weighted by atomic mass is 79.9. The van der Waals surface area contributed by atoms with Gasteiger partial charge in [-0.05, 0) is 37.3 Å². The van der Waals surface area contributed by atoms with Gasteiger partial charge in [-0.25, -0.2) is 0 Å². The molecule has 0 unspecified atom stereocenters. The van der Waals surface area contributed by atoms with Crippen molar-refractivity contribution in [3.63, 3.8) is 0 Å². The molecule has 1 N–H and O–H groups in total. The van der Waals surface area contributed by atoms with Crippen molar-refractivity contribution in [1.29, 1.82) is 0 Å². The Balaban J connectivity index is 1.94. The molecular weight excluding hydrogens is 264 g/mol. The Bertz CT molecular complexity index is 342. The molecule has 0 bridgehead atoms. The predicted octanol–water partition coefficient (Wildman–Crippen LogP) is 4.08. The number of halogens is 1. The Labute approximate surface area is 106 Å². The van der Waals surface area contributed by atoms with Gasteiger partial charge in [-0.1, -0.05) is 53.4 Å². The van der Waals surface area contributed by atoms with E-state index in [1.165, 1.54) is 24.8 Å². The number of hydrogen-bond donors (Lipinski definition) is 1. The zero-order valence-corrected chi connectivity index (χ0v) is 11.2. The van der Waals surface area contributed by atoms with Gasteiger partial charge in [0, 0.05) is 4.47 Å². The van der Waals surface area contributed by atoms with Crippen LogP contribution in [0.4, 0.5) is 0 Å². The number of aliphatic hydroxyl groups is 1. The summed E-state index contributed by atoms with van der Waals surface area (Å²) in [5.74, 6) is 0. The molecule has 0 spiro atoms. The first-order chi connectivity index (χ1) is 7.70. The van der Waals surface area contributed by atoms with Gasteiger partial charge in [0.1, 0.15) is 0 Å². The van der Waals surface area contributed by atoms with Crippen molar-refractivity contribution in [2.75, 3.05) is 0 Å². The highest BCUT2D eigenvalue weighted by Gasteiger charge is 2.28. The summed E-state index contributed by atoms with van der Waals surface area (Å²) in [5.41, 5.74) is 0.912. The molecule has 16 heavy (non-hydrogen) atoms. The number of hydrogen-bond acceptors (Lipinski definition) is 1. The Morgan fingerprint density at radius 2 is 1.81 bits per heavy atom. The van der Waals surface area contributed by atoms with E-state index < -0.39 is 5.60 Å². The number of rotatable bonds is 3. The molecule has 1 aromatic rings. The lowest BCUT2D eigenvalue weighted by Crippen LogP contribution is -2.31. The van der Waals surface area contributed by atoms with Gasteiger partial charge in [0.25, 0.3) is 0 Å². The SMILES string of the molecule is OC1(CCc2ccccc2Br)CCCCC1. The molecule has 0 saturated heterocycles. The van der Waals surface area contributed by atoms with Gasteiger partial charge in [-0.2, -0.15) is 0 Å². The van der Waals surface area contributed by atoms with Gasteiger partial charge in [-0.3, -0.25) is 0 Å². The molecule has 2 rings (SSSR count). The Morgan fingerprint density at radius 3 is 2.50 bits per heavy atom. The first kappa shape index (κ1) is 12.1. The van der Waals surface area contributed by atoms with Crippen molar-refractivity contribution in [3.8, 4) is 0 Å². The second-order valence-corrected chi connectivity index (χ2v) is 5.73. The molecule has 0 aromatic heterocycles. The first-order valence-electron chi connectivity index (χ1n) is 6.15. The monoisotopic (exact) mass is 282 g/mol. The maximum Gasteiger partial charge on any atom is 0.0651 e. The normalized spacial score (nSPS) is 19.6. The molecule has 0 aliphatic heterocycles. The van der Waals surface area contributed by atoms with Crippen LogP contribution in [0.2, 0.25) is 0 Å². The summed E-state index contributed by atoms with van der Waals surface area (Å²) in [6.45, 7) is 0. The predicted molar refractivity (Wildman–Crippen MR) is 70.5 cm³/mol. The van der Waals surface area contributed by atoms with Crippen LogP contribution in [0, 0.1) is 0 Å². The van der Waals surface area contributed by atoms with Crippen LogP contribution in [0.25, 0.3) is 0 Å². The Kier molecular flexibility index (Phi) is 4.04. The highest BCUT2D eigenvalue weighted by molar-refractivity contribution is 9.10. The molecule has 2 heteroatoms. The van der Waals surface area contributed by atoms with Crippen LogP contribution in [0.3, 0.4) is 0 Å². The summed E-state index contributed by atoms with van der Waals surface area (Å²) in [5, 5.41) is 10.4. The minimum Gasteiger partial charge on any atom is -0.390 e. The van der Waals surface area contributed by atoms with Crippen molar-refractivity contribution in [3.05, 3.63) is 34.3 Å². The summed E-state index contributed by atoms with van der Waals surface area (Å²) < 4.78 is 1.16. The van der Waals surface area contributed by atoms with Gasteiger partial charge in [-0.15, -0.1) is 0 Å². The molecule has 0 radical (unpaired) electrons.